The third-order valence-electron chi connectivity index (χ3n) is 3.21. The second-order valence-corrected chi connectivity index (χ2v) is 6.55. The first kappa shape index (κ1) is 17.1. The lowest BCUT2D eigenvalue weighted by molar-refractivity contribution is -0.115. The summed E-state index contributed by atoms with van der Waals surface area (Å²) in [6.45, 7) is 3.79. The van der Waals surface area contributed by atoms with Crippen LogP contribution in [0.25, 0.3) is 0 Å². The Hall–Kier alpha value is -2.27. The maximum atomic E-state index is 12.1. The van der Waals surface area contributed by atoms with Crippen LogP contribution in [0.4, 0.5) is 11.4 Å². The summed E-state index contributed by atoms with van der Waals surface area (Å²) in [4.78, 5) is 24.0. The van der Waals surface area contributed by atoms with Crippen molar-refractivity contribution in [2.45, 2.75) is 19.1 Å². The van der Waals surface area contributed by atoms with Gasteiger partial charge in [-0.05, 0) is 38.1 Å². The largest absolute Gasteiger partial charge is 0.325 e. The number of anilines is 2. The minimum absolute atomic E-state index is 0.105. The Bertz CT molecular complexity index is 656. The second-order valence-electron chi connectivity index (χ2n) is 5.22. The zero-order valence-corrected chi connectivity index (χ0v) is 14.0. The van der Waals surface area contributed by atoms with Gasteiger partial charge in [0.25, 0.3) is 0 Å². The van der Waals surface area contributed by atoms with E-state index in [2.05, 4.69) is 10.6 Å². The molecule has 23 heavy (non-hydrogen) atoms. The molecule has 0 heterocycles. The number of thioether (sulfide) groups is 1. The van der Waals surface area contributed by atoms with Crippen LogP contribution in [-0.2, 0) is 9.59 Å². The summed E-state index contributed by atoms with van der Waals surface area (Å²) < 4.78 is 0. The molecule has 2 N–H and O–H groups in total. The van der Waals surface area contributed by atoms with Crippen LogP contribution in [0, 0.1) is 6.92 Å². The number of nitrogens with one attached hydrogen (secondary N) is 2. The predicted molar refractivity (Wildman–Crippen MR) is 96.8 cm³/mol. The zero-order valence-electron chi connectivity index (χ0n) is 13.2. The molecule has 0 aliphatic heterocycles. The van der Waals surface area contributed by atoms with Crippen LogP contribution in [0.2, 0.25) is 0 Å². The average Bonchev–Trinajstić information content (AvgIpc) is 2.55. The first-order valence-corrected chi connectivity index (χ1v) is 8.43. The number of hydrogen-bond acceptors (Lipinski definition) is 3. The highest BCUT2D eigenvalue weighted by Crippen LogP contribution is 2.15. The first-order valence-electron chi connectivity index (χ1n) is 7.38. The summed E-state index contributed by atoms with van der Waals surface area (Å²) in [6, 6.07) is 16.9. The summed E-state index contributed by atoms with van der Waals surface area (Å²) >= 11 is 1.31. The normalized spacial score (nSPS) is 11.6. The van der Waals surface area contributed by atoms with Gasteiger partial charge in [0.1, 0.15) is 0 Å². The van der Waals surface area contributed by atoms with E-state index in [-0.39, 0.29) is 22.8 Å². The Morgan fingerprint density at radius 3 is 2.22 bits per heavy atom. The van der Waals surface area contributed by atoms with Crippen molar-refractivity contribution in [1.82, 2.24) is 0 Å². The van der Waals surface area contributed by atoms with E-state index in [4.69, 9.17) is 0 Å². The lowest BCUT2D eigenvalue weighted by atomic mass is 10.2. The number of aryl methyl sites for hydroxylation is 1. The topological polar surface area (TPSA) is 58.2 Å². The molecule has 0 aromatic heterocycles. The van der Waals surface area contributed by atoms with Gasteiger partial charge in [-0.1, -0.05) is 35.9 Å². The quantitative estimate of drug-likeness (QED) is 0.850. The van der Waals surface area contributed by atoms with Crippen molar-refractivity contribution in [1.29, 1.82) is 0 Å². The van der Waals surface area contributed by atoms with Crippen molar-refractivity contribution in [2.24, 2.45) is 0 Å². The van der Waals surface area contributed by atoms with E-state index in [1.165, 1.54) is 11.8 Å². The molecule has 0 radical (unpaired) electrons. The minimum Gasteiger partial charge on any atom is -0.325 e. The van der Waals surface area contributed by atoms with Crippen molar-refractivity contribution in [3.05, 3.63) is 60.2 Å². The molecule has 0 aliphatic rings. The molecule has 2 aromatic carbocycles. The van der Waals surface area contributed by atoms with Gasteiger partial charge >= 0.3 is 0 Å². The van der Waals surface area contributed by atoms with Crippen LogP contribution in [0.1, 0.15) is 12.5 Å². The number of rotatable bonds is 6. The van der Waals surface area contributed by atoms with Crippen LogP contribution < -0.4 is 10.6 Å². The van der Waals surface area contributed by atoms with E-state index >= 15 is 0 Å². The standard InChI is InChI=1S/C18H20N2O2S/c1-13-8-10-16(11-9-13)20-18(22)14(2)23-12-17(21)19-15-6-4-3-5-7-15/h3-11,14H,12H2,1-2H3,(H,19,21)(H,20,22)/t14-/m0/s1. The smallest absolute Gasteiger partial charge is 0.237 e. The van der Waals surface area contributed by atoms with Gasteiger partial charge in [-0.25, -0.2) is 0 Å². The average molecular weight is 328 g/mol. The monoisotopic (exact) mass is 328 g/mol. The van der Waals surface area contributed by atoms with Crippen LogP contribution >= 0.6 is 11.8 Å². The van der Waals surface area contributed by atoms with Crippen molar-refractivity contribution in [3.8, 4) is 0 Å². The molecule has 0 saturated heterocycles. The third kappa shape index (κ3) is 5.79. The number of amides is 2. The number of benzene rings is 2. The van der Waals surface area contributed by atoms with Crippen LogP contribution in [0.15, 0.2) is 54.6 Å². The molecule has 0 saturated carbocycles. The van der Waals surface area contributed by atoms with Crippen LogP contribution in [0.5, 0.6) is 0 Å². The Balaban J connectivity index is 1.77. The molecule has 0 unspecified atom stereocenters. The maximum absolute atomic E-state index is 12.1. The minimum atomic E-state index is -0.308. The summed E-state index contributed by atoms with van der Waals surface area (Å²) in [5, 5.41) is 5.34. The number of hydrogen-bond donors (Lipinski definition) is 2. The molecule has 2 amide bonds. The van der Waals surface area contributed by atoms with Crippen molar-refractivity contribution < 1.29 is 9.59 Å². The molecule has 0 bridgehead atoms. The summed E-state index contributed by atoms with van der Waals surface area (Å²) in [5.41, 5.74) is 2.67. The fourth-order valence-corrected chi connectivity index (χ4v) is 2.56. The number of para-hydroxylation sites is 1. The van der Waals surface area contributed by atoms with Crippen molar-refractivity contribution in [3.63, 3.8) is 0 Å². The van der Waals surface area contributed by atoms with Gasteiger partial charge in [-0.15, -0.1) is 11.8 Å². The van der Waals surface area contributed by atoms with Gasteiger partial charge in [-0.2, -0.15) is 0 Å². The van der Waals surface area contributed by atoms with Crippen molar-refractivity contribution in [2.75, 3.05) is 16.4 Å². The zero-order chi connectivity index (χ0) is 16.7. The second kappa shape index (κ2) is 8.39. The Morgan fingerprint density at radius 2 is 1.57 bits per heavy atom. The molecular formula is C18H20N2O2S. The Morgan fingerprint density at radius 1 is 0.957 bits per heavy atom. The molecule has 0 spiro atoms. The predicted octanol–water partition coefficient (Wildman–Crippen LogP) is 3.69. The van der Waals surface area contributed by atoms with Gasteiger partial charge in [0.15, 0.2) is 0 Å². The Labute approximate surface area is 140 Å². The summed E-state index contributed by atoms with van der Waals surface area (Å²) in [6.07, 6.45) is 0. The highest BCUT2D eigenvalue weighted by molar-refractivity contribution is 8.01. The molecule has 0 fully saturated rings. The number of carbonyl (C=O) groups is 2. The van der Waals surface area contributed by atoms with Crippen LogP contribution in [0.3, 0.4) is 0 Å². The maximum Gasteiger partial charge on any atom is 0.237 e. The Kier molecular flexibility index (Phi) is 6.23. The SMILES string of the molecule is Cc1ccc(NC(=O)[C@H](C)SCC(=O)Nc2ccccc2)cc1. The molecule has 5 heteroatoms. The van der Waals surface area contributed by atoms with Gasteiger partial charge in [0.05, 0.1) is 11.0 Å². The van der Waals surface area contributed by atoms with E-state index in [1.54, 1.807) is 6.92 Å². The lowest BCUT2D eigenvalue weighted by Crippen LogP contribution is -2.25. The molecule has 2 aromatic rings. The van der Waals surface area contributed by atoms with Gasteiger partial charge < -0.3 is 10.6 Å². The van der Waals surface area contributed by atoms with E-state index < -0.39 is 0 Å². The summed E-state index contributed by atoms with van der Waals surface area (Å²) in [7, 11) is 0. The van der Waals surface area contributed by atoms with Gasteiger partial charge in [-0.3, -0.25) is 9.59 Å². The summed E-state index contributed by atoms with van der Waals surface area (Å²) in [5.74, 6) is 0.0136. The fourth-order valence-electron chi connectivity index (χ4n) is 1.88. The highest BCUT2D eigenvalue weighted by Gasteiger charge is 2.15. The molecule has 4 nitrogen and oxygen atoms in total. The molecular weight excluding hydrogens is 308 g/mol. The van der Waals surface area contributed by atoms with E-state index in [0.717, 1.165) is 16.9 Å². The molecule has 0 aliphatic carbocycles. The number of carbonyl (C=O) groups excluding carboxylic acids is 2. The fraction of sp³-hybridized carbons (Fsp3) is 0.222. The molecule has 2 rings (SSSR count). The first-order chi connectivity index (χ1) is 11.0. The molecule has 120 valence electrons. The van der Waals surface area contributed by atoms with Crippen LogP contribution in [-0.4, -0.2) is 22.8 Å². The van der Waals surface area contributed by atoms with E-state index in [1.807, 2.05) is 61.5 Å². The van der Waals surface area contributed by atoms with Gasteiger partial charge in [0.2, 0.25) is 11.8 Å². The lowest BCUT2D eigenvalue weighted by Gasteiger charge is -2.12. The van der Waals surface area contributed by atoms with Gasteiger partial charge in [0, 0.05) is 11.4 Å². The molecule has 1 atom stereocenters. The van der Waals surface area contributed by atoms with E-state index in [9.17, 15) is 9.59 Å². The van der Waals surface area contributed by atoms with Crippen molar-refractivity contribution >= 4 is 35.0 Å². The third-order valence-corrected chi connectivity index (χ3v) is 4.35. The highest BCUT2D eigenvalue weighted by atomic mass is 32.2. The van der Waals surface area contributed by atoms with E-state index in [0.29, 0.717) is 0 Å².